The van der Waals surface area contributed by atoms with Crippen molar-refractivity contribution in [2.75, 3.05) is 18.1 Å². The van der Waals surface area contributed by atoms with E-state index >= 15 is 0 Å². The van der Waals surface area contributed by atoms with Crippen molar-refractivity contribution in [2.45, 2.75) is 26.0 Å². The maximum atomic E-state index is 9.51. The lowest BCUT2D eigenvalue weighted by Gasteiger charge is -2.16. The predicted octanol–water partition coefficient (Wildman–Crippen LogP) is 2.28. The van der Waals surface area contributed by atoms with Gasteiger partial charge < -0.3 is 10.4 Å². The molecule has 2 nitrogen and oxygen atoms in total. The van der Waals surface area contributed by atoms with Crippen LogP contribution in [0.25, 0.3) is 0 Å². The number of rotatable bonds is 7. The van der Waals surface area contributed by atoms with Gasteiger partial charge in [0.15, 0.2) is 0 Å². The average molecular weight is 239 g/mol. The Labute approximate surface area is 102 Å². The molecule has 0 unspecified atom stereocenters. The molecule has 0 atom stereocenters. The van der Waals surface area contributed by atoms with Gasteiger partial charge in [-0.25, -0.2) is 0 Å². The van der Waals surface area contributed by atoms with Crippen LogP contribution in [0.5, 0.6) is 0 Å². The van der Waals surface area contributed by atoms with E-state index in [0.717, 1.165) is 24.6 Å². The smallest absolute Gasteiger partial charge is 0.0681 e. The van der Waals surface area contributed by atoms with Crippen LogP contribution in [0.4, 0.5) is 0 Å². The fourth-order valence-electron chi connectivity index (χ4n) is 1.29. The van der Waals surface area contributed by atoms with Gasteiger partial charge in [-0.05, 0) is 19.4 Å². The van der Waals surface area contributed by atoms with Gasteiger partial charge in [0.25, 0.3) is 0 Å². The Morgan fingerprint density at radius 2 is 1.94 bits per heavy atom. The summed E-state index contributed by atoms with van der Waals surface area (Å²) in [6.07, 6.45) is 0. The predicted molar refractivity (Wildman–Crippen MR) is 71.8 cm³/mol. The van der Waals surface area contributed by atoms with Crippen LogP contribution in [0.1, 0.15) is 19.4 Å². The molecule has 3 heteroatoms. The first-order valence-electron chi connectivity index (χ1n) is 5.63. The summed E-state index contributed by atoms with van der Waals surface area (Å²) >= 11 is 1.78. The normalized spacial score (nSPS) is 11.7. The van der Waals surface area contributed by atoms with E-state index < -0.39 is 5.60 Å². The Morgan fingerprint density at radius 1 is 1.25 bits per heavy atom. The summed E-state index contributed by atoms with van der Waals surface area (Å²) in [6, 6.07) is 10.4. The quantitative estimate of drug-likeness (QED) is 0.716. The van der Waals surface area contributed by atoms with Crippen LogP contribution in [-0.4, -0.2) is 28.8 Å². The Bertz CT molecular complexity index is 282. The highest BCUT2D eigenvalue weighted by Crippen LogP contribution is 2.10. The Kier molecular flexibility index (Phi) is 5.88. The van der Waals surface area contributed by atoms with Crippen molar-refractivity contribution in [1.29, 1.82) is 0 Å². The first-order chi connectivity index (χ1) is 7.58. The molecule has 0 aliphatic carbocycles. The Balaban J connectivity index is 2.01. The van der Waals surface area contributed by atoms with Crippen molar-refractivity contribution in [3.8, 4) is 0 Å². The lowest BCUT2D eigenvalue weighted by atomic mass is 10.2. The molecule has 90 valence electrons. The minimum atomic E-state index is -0.551. The average Bonchev–Trinajstić information content (AvgIpc) is 2.23. The van der Waals surface area contributed by atoms with E-state index in [1.165, 1.54) is 5.56 Å². The zero-order valence-corrected chi connectivity index (χ0v) is 10.9. The fourth-order valence-corrected chi connectivity index (χ4v) is 2.23. The monoisotopic (exact) mass is 239 g/mol. The van der Waals surface area contributed by atoms with Gasteiger partial charge in [0.2, 0.25) is 0 Å². The van der Waals surface area contributed by atoms with E-state index in [2.05, 4.69) is 29.6 Å². The molecule has 16 heavy (non-hydrogen) atoms. The minimum absolute atomic E-state index is 0.551. The van der Waals surface area contributed by atoms with Gasteiger partial charge >= 0.3 is 0 Å². The van der Waals surface area contributed by atoms with Gasteiger partial charge in [-0.2, -0.15) is 11.8 Å². The van der Waals surface area contributed by atoms with Gasteiger partial charge in [-0.1, -0.05) is 30.3 Å². The number of hydrogen-bond acceptors (Lipinski definition) is 3. The van der Waals surface area contributed by atoms with Gasteiger partial charge in [0.05, 0.1) is 5.60 Å². The first kappa shape index (κ1) is 13.6. The second-order valence-corrected chi connectivity index (χ2v) is 5.63. The van der Waals surface area contributed by atoms with Crippen LogP contribution in [0.3, 0.4) is 0 Å². The molecular weight excluding hydrogens is 218 g/mol. The summed E-state index contributed by atoms with van der Waals surface area (Å²) in [5, 5.41) is 12.9. The topological polar surface area (TPSA) is 32.3 Å². The van der Waals surface area contributed by atoms with Crippen LogP contribution >= 0.6 is 11.8 Å². The lowest BCUT2D eigenvalue weighted by Crippen LogP contribution is -2.23. The van der Waals surface area contributed by atoms with Crippen LogP contribution in [-0.2, 0) is 6.54 Å². The zero-order valence-electron chi connectivity index (χ0n) is 10.1. The van der Waals surface area contributed by atoms with Gasteiger partial charge in [0, 0.05) is 24.6 Å². The van der Waals surface area contributed by atoms with E-state index in [9.17, 15) is 5.11 Å². The molecule has 1 rings (SSSR count). The van der Waals surface area contributed by atoms with Crippen molar-refractivity contribution in [2.24, 2.45) is 0 Å². The second-order valence-electron chi connectivity index (χ2n) is 4.53. The van der Waals surface area contributed by atoms with Crippen molar-refractivity contribution >= 4 is 11.8 Å². The summed E-state index contributed by atoms with van der Waals surface area (Å²) in [6.45, 7) is 5.59. The largest absolute Gasteiger partial charge is 0.390 e. The highest BCUT2D eigenvalue weighted by Gasteiger charge is 2.11. The summed E-state index contributed by atoms with van der Waals surface area (Å²) in [7, 11) is 0. The van der Waals surface area contributed by atoms with E-state index in [1.807, 2.05) is 19.9 Å². The molecule has 0 radical (unpaired) electrons. The summed E-state index contributed by atoms with van der Waals surface area (Å²) in [4.78, 5) is 0. The molecule has 1 aromatic carbocycles. The molecule has 0 spiro atoms. The number of aliphatic hydroxyl groups is 1. The van der Waals surface area contributed by atoms with E-state index in [0.29, 0.717) is 0 Å². The third-order valence-electron chi connectivity index (χ3n) is 2.05. The highest BCUT2D eigenvalue weighted by atomic mass is 32.2. The summed E-state index contributed by atoms with van der Waals surface area (Å²) in [5.41, 5.74) is 0.763. The van der Waals surface area contributed by atoms with E-state index in [4.69, 9.17) is 0 Å². The summed E-state index contributed by atoms with van der Waals surface area (Å²) < 4.78 is 0. The standard InChI is InChI=1S/C13H21NOS/c1-13(2,15)11-16-9-8-14-10-12-6-4-3-5-7-12/h3-7,14-15H,8-11H2,1-2H3. The van der Waals surface area contributed by atoms with Crippen molar-refractivity contribution in [3.63, 3.8) is 0 Å². The summed E-state index contributed by atoms with van der Waals surface area (Å²) in [5.74, 6) is 1.83. The number of nitrogens with one attached hydrogen (secondary N) is 1. The molecule has 0 saturated heterocycles. The number of benzene rings is 1. The number of hydrogen-bond donors (Lipinski definition) is 2. The fraction of sp³-hybridized carbons (Fsp3) is 0.538. The van der Waals surface area contributed by atoms with Gasteiger partial charge in [-0.3, -0.25) is 0 Å². The molecule has 0 aliphatic rings. The molecule has 0 bridgehead atoms. The van der Waals surface area contributed by atoms with Crippen molar-refractivity contribution < 1.29 is 5.11 Å². The lowest BCUT2D eigenvalue weighted by molar-refractivity contribution is 0.107. The van der Waals surface area contributed by atoms with E-state index in [-0.39, 0.29) is 0 Å². The molecule has 0 fully saturated rings. The van der Waals surface area contributed by atoms with Gasteiger partial charge in [0.1, 0.15) is 0 Å². The van der Waals surface area contributed by atoms with Crippen LogP contribution in [0.2, 0.25) is 0 Å². The molecule has 0 aliphatic heterocycles. The number of thioether (sulfide) groups is 1. The Morgan fingerprint density at radius 3 is 2.56 bits per heavy atom. The maximum absolute atomic E-state index is 9.51. The molecule has 0 amide bonds. The molecular formula is C13H21NOS. The third-order valence-corrected chi connectivity index (χ3v) is 3.45. The Hall–Kier alpha value is -0.510. The SMILES string of the molecule is CC(C)(O)CSCCNCc1ccccc1. The first-order valence-corrected chi connectivity index (χ1v) is 6.78. The van der Waals surface area contributed by atoms with Crippen molar-refractivity contribution in [3.05, 3.63) is 35.9 Å². The third kappa shape index (κ3) is 6.88. The molecule has 0 heterocycles. The van der Waals surface area contributed by atoms with Crippen molar-refractivity contribution in [1.82, 2.24) is 5.32 Å². The molecule has 1 aromatic rings. The molecule has 0 saturated carbocycles. The molecule has 2 N–H and O–H groups in total. The minimum Gasteiger partial charge on any atom is -0.390 e. The highest BCUT2D eigenvalue weighted by molar-refractivity contribution is 7.99. The van der Waals surface area contributed by atoms with Gasteiger partial charge in [-0.15, -0.1) is 0 Å². The van der Waals surface area contributed by atoms with E-state index in [1.54, 1.807) is 11.8 Å². The molecule has 0 aromatic heterocycles. The zero-order chi connectivity index (χ0) is 11.9. The van der Waals surface area contributed by atoms with Crippen LogP contribution in [0, 0.1) is 0 Å². The van der Waals surface area contributed by atoms with Crippen LogP contribution in [0.15, 0.2) is 30.3 Å². The maximum Gasteiger partial charge on any atom is 0.0681 e. The second kappa shape index (κ2) is 6.94. The van der Waals surface area contributed by atoms with Crippen LogP contribution < -0.4 is 5.32 Å².